The molecule has 1 aliphatic rings. The van der Waals surface area contributed by atoms with E-state index in [-0.39, 0.29) is 73.6 Å². The third kappa shape index (κ3) is 19.4. The highest BCUT2D eigenvalue weighted by Gasteiger charge is 2.38. The van der Waals surface area contributed by atoms with Gasteiger partial charge in [-0.3, -0.25) is 43.2 Å². The van der Waals surface area contributed by atoms with Gasteiger partial charge >= 0.3 is 0 Å². The van der Waals surface area contributed by atoms with Crippen LogP contribution in [0.25, 0.3) is 0 Å². The van der Waals surface area contributed by atoms with Crippen LogP contribution in [0.5, 0.6) is 11.5 Å². The average molecular weight is 1160 g/mol. The smallest absolute Gasteiger partial charge is 0.248 e. The Balaban J connectivity index is 1.60. The number of aliphatic hydroxyl groups is 1. The molecule has 80 heavy (non-hydrogen) atoms. The monoisotopic (exact) mass is 1160 g/mol. The zero-order chi connectivity index (χ0) is 58.6. The van der Waals surface area contributed by atoms with E-state index in [1.165, 1.54) is 86.8 Å². The number of phenolic OH excluding ortho intramolecular Hbond substituents is 2. The van der Waals surface area contributed by atoms with Crippen LogP contribution < -0.4 is 54.8 Å². The molecule has 1 unspecified atom stereocenters. The fourth-order valence-electron chi connectivity index (χ4n) is 8.37. The Morgan fingerprint density at radius 1 is 0.700 bits per heavy atom. The van der Waals surface area contributed by atoms with Crippen LogP contribution in [0, 0.1) is 0 Å². The molecule has 1 saturated heterocycles. The maximum atomic E-state index is 15.0. The lowest BCUT2D eigenvalue weighted by Crippen LogP contribution is -2.62. The van der Waals surface area contributed by atoms with Crippen LogP contribution in [0.15, 0.2) is 97.1 Å². The molecule has 0 radical (unpaired) electrons. The maximum Gasteiger partial charge on any atom is 0.248 e. The van der Waals surface area contributed by atoms with E-state index in [0.717, 1.165) is 26.5 Å². The van der Waals surface area contributed by atoms with E-state index in [1.54, 1.807) is 24.3 Å². The minimum Gasteiger partial charge on any atom is -0.508 e. The summed E-state index contributed by atoms with van der Waals surface area (Å²) in [7, 11) is 3.21. The molecule has 9 amide bonds. The molecule has 26 heteroatoms. The lowest BCUT2D eigenvalue weighted by Gasteiger charge is -2.33. The second-order valence-corrected chi connectivity index (χ2v) is 22.2. The fourth-order valence-corrected chi connectivity index (χ4v) is 10.8. The molecule has 4 aromatic rings. The first-order valence-electron chi connectivity index (χ1n) is 25.5. The number of nitrogens with zero attached hydrogens (tertiary/aromatic N) is 1. The van der Waals surface area contributed by atoms with E-state index in [9.17, 15) is 58.5 Å². The SMILES string of the molecule is C[C@@H](O)[C@@H]1NC(=O)[C@H](CCCCN)N(C)C(=O)[C@@H](Cc2ccc(C(N)=O)cc2)NC(=O)[C@H](Cc2ccc(O)cc2)NC(=O)[C@H](NC(=O)[C@@H](N)Cc2ccc(Cl)cc2)CSSC[C@@H](C(=O)NC(Cc2ccc(O)cc2)C(N)=O)NC1=O. The predicted octanol–water partition coefficient (Wildman–Crippen LogP) is -0.426. The molecule has 0 bridgehead atoms. The number of carbonyl (C=O) groups excluding carboxylic acids is 9. The van der Waals surface area contributed by atoms with Crippen molar-refractivity contribution in [1.29, 1.82) is 0 Å². The molecule has 0 aromatic heterocycles. The molecule has 0 aliphatic carbocycles. The lowest BCUT2D eigenvalue weighted by molar-refractivity contribution is -0.143. The van der Waals surface area contributed by atoms with Crippen molar-refractivity contribution in [2.24, 2.45) is 22.9 Å². The quantitative estimate of drug-likeness (QED) is 0.0419. The number of aromatic hydroxyl groups is 2. The minimum absolute atomic E-state index is 0.0253. The van der Waals surface area contributed by atoms with E-state index in [0.29, 0.717) is 33.7 Å². The molecule has 9 atom stereocenters. The summed E-state index contributed by atoms with van der Waals surface area (Å²) in [6.07, 6.45) is -1.52. The highest BCUT2D eigenvalue weighted by atomic mass is 35.5. The number of hydrogen-bond donors (Lipinski definition) is 13. The van der Waals surface area contributed by atoms with Crippen molar-refractivity contribution in [1.82, 2.24) is 36.8 Å². The van der Waals surface area contributed by atoms with Gasteiger partial charge in [0.15, 0.2) is 0 Å². The number of rotatable bonds is 19. The summed E-state index contributed by atoms with van der Waals surface area (Å²) in [5.41, 5.74) is 25.6. The van der Waals surface area contributed by atoms with Crippen molar-refractivity contribution in [3.8, 4) is 11.5 Å². The van der Waals surface area contributed by atoms with Crippen LogP contribution in [0.2, 0.25) is 5.02 Å². The number of benzene rings is 4. The molecule has 1 heterocycles. The third-order valence-electron chi connectivity index (χ3n) is 13.0. The zero-order valence-corrected chi connectivity index (χ0v) is 46.4. The van der Waals surface area contributed by atoms with Gasteiger partial charge in [-0.15, -0.1) is 0 Å². The largest absolute Gasteiger partial charge is 0.508 e. The highest BCUT2D eigenvalue weighted by Crippen LogP contribution is 2.25. The third-order valence-corrected chi connectivity index (χ3v) is 15.6. The van der Waals surface area contributed by atoms with Crippen LogP contribution in [-0.4, -0.2) is 153 Å². The van der Waals surface area contributed by atoms with Gasteiger partial charge in [-0.25, -0.2) is 0 Å². The van der Waals surface area contributed by atoms with Gasteiger partial charge in [-0.1, -0.05) is 81.7 Å². The Hall–Kier alpha value is -7.42. The van der Waals surface area contributed by atoms with Gasteiger partial charge in [0.1, 0.15) is 53.8 Å². The van der Waals surface area contributed by atoms with Gasteiger partial charge in [-0.05, 0) is 110 Å². The van der Waals surface area contributed by atoms with Crippen molar-refractivity contribution < 1.29 is 58.5 Å². The van der Waals surface area contributed by atoms with Gasteiger partial charge < -0.3 is 75.1 Å². The molecule has 0 spiro atoms. The molecule has 1 aliphatic heterocycles. The van der Waals surface area contributed by atoms with Gasteiger partial charge in [0, 0.05) is 48.4 Å². The summed E-state index contributed by atoms with van der Waals surface area (Å²) in [6.45, 7) is 1.43. The Kier molecular flexibility index (Phi) is 24.4. The molecule has 23 nitrogen and oxygen atoms in total. The number of unbranched alkanes of at least 4 members (excludes halogenated alkanes) is 1. The number of carbonyl (C=O) groups is 9. The number of amides is 9. The summed E-state index contributed by atoms with van der Waals surface area (Å²) in [6, 6.07) is 12.3. The second-order valence-electron chi connectivity index (χ2n) is 19.2. The number of nitrogens with one attached hydrogen (secondary N) is 6. The van der Waals surface area contributed by atoms with E-state index < -0.39 is 108 Å². The first-order chi connectivity index (χ1) is 38.0. The molecular formula is C54H68ClN11O12S2. The molecule has 5 rings (SSSR count). The van der Waals surface area contributed by atoms with E-state index >= 15 is 0 Å². The van der Waals surface area contributed by atoms with Crippen LogP contribution in [0.1, 0.15) is 58.8 Å². The molecule has 430 valence electrons. The Morgan fingerprint density at radius 3 is 1.81 bits per heavy atom. The normalized spacial score (nSPS) is 21.1. The van der Waals surface area contributed by atoms with E-state index in [1.807, 2.05) is 0 Å². The van der Waals surface area contributed by atoms with Gasteiger partial charge in [0.05, 0.1) is 12.1 Å². The number of phenols is 2. The number of halogens is 1. The average Bonchev–Trinajstić information content (AvgIpc) is 3.42. The Bertz CT molecular complexity index is 2800. The van der Waals surface area contributed by atoms with E-state index in [2.05, 4.69) is 31.9 Å². The number of likely N-dealkylation sites (N-methyl/N-ethyl adjacent to an activating group) is 1. The van der Waals surface area contributed by atoms with Crippen molar-refractivity contribution in [3.05, 3.63) is 130 Å². The van der Waals surface area contributed by atoms with Crippen molar-refractivity contribution in [2.45, 2.75) is 106 Å². The van der Waals surface area contributed by atoms with Crippen LogP contribution >= 0.6 is 33.2 Å². The standard InChI is InChI=1S/C54H68ClN11O12S2/c1-29(67)45-53(77)64-43(50(74)60-39(47(59)71)24-32-10-18-36(68)19-11-32)28-80-79-27-42(63-48(72)38(57)23-30-8-16-35(55)17-9-30)51(75)61-40(25-33-12-20-37(69)21-13-33)49(73)62-41(26-31-6-14-34(15-7-31)46(58)70)54(78)66(2)44(52(76)65-45)5-3-4-22-56/h6-21,29,38-45,67-69H,3-5,22-28,56-57H2,1-2H3,(H2,58,70)(H2,59,71)(H,60,74)(H,61,75)(H,62,73)(H,63,72)(H,64,77)(H,65,76)/t29-,38+,39?,40+,41-,42-,43+,44+,45+/m1/s1. The topological polar surface area (TPSA) is 394 Å². The molecule has 17 N–H and O–H groups in total. The Labute approximate surface area is 475 Å². The van der Waals surface area contributed by atoms with Crippen LogP contribution in [-0.2, 0) is 64.0 Å². The van der Waals surface area contributed by atoms with Crippen LogP contribution in [0.4, 0.5) is 0 Å². The number of hydrogen-bond acceptors (Lipinski definition) is 16. The lowest BCUT2D eigenvalue weighted by atomic mass is 9.99. The number of primary amides is 2. The number of aliphatic hydroxyl groups excluding tert-OH is 1. The Morgan fingerprint density at radius 2 is 1.24 bits per heavy atom. The molecular weight excluding hydrogens is 1090 g/mol. The molecule has 0 saturated carbocycles. The van der Waals surface area contributed by atoms with Gasteiger partial charge in [0.2, 0.25) is 53.2 Å². The summed E-state index contributed by atoms with van der Waals surface area (Å²) < 4.78 is 0. The van der Waals surface area contributed by atoms with Crippen LogP contribution in [0.3, 0.4) is 0 Å². The summed E-state index contributed by atoms with van der Waals surface area (Å²) in [4.78, 5) is 127. The highest BCUT2D eigenvalue weighted by molar-refractivity contribution is 8.76. The fraction of sp³-hybridized carbons (Fsp3) is 0.389. The molecule has 1 fully saturated rings. The summed E-state index contributed by atoms with van der Waals surface area (Å²) >= 11 is 6.07. The second kappa shape index (κ2) is 30.8. The number of nitrogens with two attached hydrogens (primary N) is 4. The summed E-state index contributed by atoms with van der Waals surface area (Å²) in [5, 5.41) is 47.3. The molecule has 4 aromatic carbocycles. The van der Waals surface area contributed by atoms with Crippen molar-refractivity contribution in [3.63, 3.8) is 0 Å². The minimum atomic E-state index is -1.76. The zero-order valence-electron chi connectivity index (χ0n) is 44.0. The first-order valence-corrected chi connectivity index (χ1v) is 28.3. The van der Waals surface area contributed by atoms with Crippen molar-refractivity contribution >= 4 is 86.4 Å². The predicted molar refractivity (Wildman–Crippen MR) is 302 cm³/mol. The van der Waals surface area contributed by atoms with E-state index in [4.69, 9.17) is 34.5 Å². The first kappa shape index (κ1) is 63.4. The van der Waals surface area contributed by atoms with Crippen molar-refractivity contribution in [2.75, 3.05) is 25.1 Å². The summed E-state index contributed by atoms with van der Waals surface area (Å²) in [5.74, 6) is -8.63. The maximum absolute atomic E-state index is 15.0. The van der Waals surface area contributed by atoms with Gasteiger partial charge in [0.25, 0.3) is 0 Å². The van der Waals surface area contributed by atoms with Gasteiger partial charge in [-0.2, -0.15) is 0 Å².